The third-order valence-electron chi connectivity index (χ3n) is 3.96. The molecule has 22 heavy (non-hydrogen) atoms. The minimum absolute atomic E-state index is 0.0200. The molecule has 0 radical (unpaired) electrons. The van der Waals surface area contributed by atoms with Gasteiger partial charge in [0.05, 0.1) is 16.2 Å². The van der Waals surface area contributed by atoms with E-state index in [9.17, 15) is 13.2 Å². The van der Waals surface area contributed by atoms with Gasteiger partial charge in [-0.25, -0.2) is 8.42 Å². The predicted molar refractivity (Wildman–Crippen MR) is 86.0 cm³/mol. The molecule has 5 heteroatoms. The molecule has 2 aromatic rings. The number of para-hydroxylation sites is 1. The van der Waals surface area contributed by atoms with E-state index in [1.54, 1.807) is 30.0 Å². The molecule has 0 saturated carbocycles. The fraction of sp³-hybridized carbons (Fsp3) is 0.235. The molecule has 0 N–H and O–H groups in total. The van der Waals surface area contributed by atoms with Gasteiger partial charge in [0.2, 0.25) is 0 Å². The van der Waals surface area contributed by atoms with Crippen molar-refractivity contribution < 1.29 is 13.2 Å². The molecule has 1 aliphatic rings. The molecule has 4 nitrogen and oxygen atoms in total. The van der Waals surface area contributed by atoms with Gasteiger partial charge in [0.25, 0.3) is 5.91 Å². The number of amides is 1. The number of benzene rings is 2. The van der Waals surface area contributed by atoms with Crippen LogP contribution in [0.5, 0.6) is 0 Å². The van der Waals surface area contributed by atoms with E-state index in [1.807, 2.05) is 24.3 Å². The van der Waals surface area contributed by atoms with Crippen molar-refractivity contribution in [2.45, 2.75) is 18.2 Å². The van der Waals surface area contributed by atoms with Crippen LogP contribution in [0.3, 0.4) is 0 Å². The summed E-state index contributed by atoms with van der Waals surface area (Å²) in [5.41, 5.74) is 2.24. The van der Waals surface area contributed by atoms with Crippen molar-refractivity contribution in [1.29, 1.82) is 0 Å². The first-order chi connectivity index (χ1) is 10.5. The molecule has 0 saturated heterocycles. The van der Waals surface area contributed by atoms with E-state index in [4.69, 9.17) is 0 Å². The summed E-state index contributed by atoms with van der Waals surface area (Å²) in [6.45, 7) is 2.17. The summed E-state index contributed by atoms with van der Waals surface area (Å²) in [7, 11) is -3.43. The lowest BCUT2D eigenvalue weighted by atomic mass is 10.1. The van der Waals surface area contributed by atoms with Crippen molar-refractivity contribution in [2.24, 2.45) is 0 Å². The zero-order chi connectivity index (χ0) is 15.7. The molecule has 1 amide bonds. The van der Waals surface area contributed by atoms with Crippen LogP contribution in [0.25, 0.3) is 0 Å². The van der Waals surface area contributed by atoms with Gasteiger partial charge in [0.15, 0.2) is 9.84 Å². The summed E-state index contributed by atoms with van der Waals surface area (Å²) in [4.78, 5) is 14.6. The highest BCUT2D eigenvalue weighted by molar-refractivity contribution is 7.91. The van der Waals surface area contributed by atoms with Crippen LogP contribution < -0.4 is 4.90 Å². The van der Waals surface area contributed by atoms with Crippen LogP contribution in [0.2, 0.25) is 0 Å². The Balaban J connectivity index is 2.05. The first kappa shape index (κ1) is 14.8. The van der Waals surface area contributed by atoms with Crippen LogP contribution in [0.1, 0.15) is 22.8 Å². The predicted octanol–water partition coefficient (Wildman–Crippen LogP) is 2.68. The minimum atomic E-state index is -3.43. The number of nitrogens with zero attached hydrogens (tertiary/aromatic N) is 1. The Bertz CT molecular complexity index is 827. The number of hydrogen-bond donors (Lipinski definition) is 0. The van der Waals surface area contributed by atoms with E-state index in [2.05, 4.69) is 0 Å². The molecule has 0 aromatic heterocycles. The van der Waals surface area contributed by atoms with Gasteiger partial charge >= 0.3 is 0 Å². The third-order valence-corrected chi connectivity index (χ3v) is 5.75. The number of hydrogen-bond acceptors (Lipinski definition) is 3. The number of rotatable bonds is 3. The summed E-state index contributed by atoms with van der Waals surface area (Å²) in [5, 5.41) is 0. The van der Waals surface area contributed by atoms with Crippen LogP contribution in [-0.4, -0.2) is 26.6 Å². The summed E-state index contributed by atoms with van der Waals surface area (Å²) in [6.07, 6.45) is 0.796. The number of sulfone groups is 1. The van der Waals surface area contributed by atoms with Gasteiger partial charge < -0.3 is 4.90 Å². The highest BCUT2D eigenvalue weighted by Gasteiger charge is 2.29. The highest BCUT2D eigenvalue weighted by Crippen LogP contribution is 2.30. The van der Waals surface area contributed by atoms with Crippen molar-refractivity contribution in [3.05, 3.63) is 59.7 Å². The van der Waals surface area contributed by atoms with Gasteiger partial charge in [0, 0.05) is 12.2 Å². The SMILES string of the molecule is CCS(=O)(=O)c1ccccc1C(=O)N1CCc2ccccc21. The van der Waals surface area contributed by atoms with E-state index in [1.165, 1.54) is 6.07 Å². The lowest BCUT2D eigenvalue weighted by molar-refractivity contribution is 0.0986. The molecule has 0 spiro atoms. The molecular formula is C17H17NO3S. The molecule has 1 heterocycles. The van der Waals surface area contributed by atoms with Crippen molar-refractivity contribution in [3.63, 3.8) is 0 Å². The molecule has 0 fully saturated rings. The van der Waals surface area contributed by atoms with Crippen LogP contribution in [0.4, 0.5) is 5.69 Å². The van der Waals surface area contributed by atoms with E-state index in [0.717, 1.165) is 17.7 Å². The highest BCUT2D eigenvalue weighted by atomic mass is 32.2. The molecule has 1 aliphatic heterocycles. The molecule has 0 atom stereocenters. The Morgan fingerprint density at radius 1 is 1.09 bits per heavy atom. The normalized spacial score (nSPS) is 14.0. The summed E-state index contributed by atoms with van der Waals surface area (Å²) >= 11 is 0. The number of carbonyl (C=O) groups is 1. The van der Waals surface area contributed by atoms with Gasteiger partial charge in [-0.05, 0) is 30.2 Å². The van der Waals surface area contributed by atoms with Gasteiger partial charge in [-0.3, -0.25) is 4.79 Å². The Hall–Kier alpha value is -2.14. The van der Waals surface area contributed by atoms with Crippen LogP contribution in [0.15, 0.2) is 53.4 Å². The Morgan fingerprint density at radius 2 is 1.77 bits per heavy atom. The zero-order valence-electron chi connectivity index (χ0n) is 12.3. The van der Waals surface area contributed by atoms with Crippen LogP contribution in [0, 0.1) is 0 Å². The van der Waals surface area contributed by atoms with E-state index >= 15 is 0 Å². The van der Waals surface area contributed by atoms with Crippen molar-refractivity contribution in [2.75, 3.05) is 17.2 Å². The lowest BCUT2D eigenvalue weighted by Gasteiger charge is -2.19. The van der Waals surface area contributed by atoms with Gasteiger partial charge in [-0.2, -0.15) is 0 Å². The Labute approximate surface area is 130 Å². The molecule has 0 unspecified atom stereocenters. The molecule has 0 aliphatic carbocycles. The first-order valence-electron chi connectivity index (χ1n) is 7.26. The van der Waals surface area contributed by atoms with E-state index < -0.39 is 9.84 Å². The largest absolute Gasteiger partial charge is 0.308 e. The van der Waals surface area contributed by atoms with Crippen molar-refractivity contribution >= 4 is 21.4 Å². The average molecular weight is 315 g/mol. The van der Waals surface area contributed by atoms with E-state index in [0.29, 0.717) is 6.54 Å². The maximum absolute atomic E-state index is 12.9. The molecule has 0 bridgehead atoms. The number of fused-ring (bicyclic) bond motifs is 1. The van der Waals surface area contributed by atoms with Crippen molar-refractivity contribution in [1.82, 2.24) is 0 Å². The smallest absolute Gasteiger partial charge is 0.259 e. The van der Waals surface area contributed by atoms with Crippen LogP contribution >= 0.6 is 0 Å². The average Bonchev–Trinajstić information content (AvgIpc) is 2.98. The number of carbonyl (C=O) groups excluding carboxylic acids is 1. The second-order valence-electron chi connectivity index (χ2n) is 5.24. The van der Waals surface area contributed by atoms with Gasteiger partial charge in [0.1, 0.15) is 0 Å². The minimum Gasteiger partial charge on any atom is -0.308 e. The monoisotopic (exact) mass is 315 g/mol. The molecule has 2 aromatic carbocycles. The first-order valence-corrected chi connectivity index (χ1v) is 8.91. The Morgan fingerprint density at radius 3 is 2.55 bits per heavy atom. The maximum atomic E-state index is 12.9. The van der Waals surface area contributed by atoms with Gasteiger partial charge in [-0.15, -0.1) is 0 Å². The van der Waals surface area contributed by atoms with Crippen LogP contribution in [-0.2, 0) is 16.3 Å². The topological polar surface area (TPSA) is 54.5 Å². The third kappa shape index (κ3) is 2.41. The molecule has 114 valence electrons. The second-order valence-corrected chi connectivity index (χ2v) is 7.48. The standard InChI is InChI=1S/C17H17NO3S/c1-2-22(20,21)16-10-6-4-8-14(16)17(19)18-12-11-13-7-3-5-9-15(13)18/h3-10H,2,11-12H2,1H3. The maximum Gasteiger partial charge on any atom is 0.259 e. The van der Waals surface area contributed by atoms with Crippen molar-refractivity contribution in [3.8, 4) is 0 Å². The fourth-order valence-electron chi connectivity index (χ4n) is 2.76. The lowest BCUT2D eigenvalue weighted by Crippen LogP contribution is -2.30. The fourth-order valence-corrected chi connectivity index (χ4v) is 3.85. The number of anilines is 1. The molecular weight excluding hydrogens is 298 g/mol. The van der Waals surface area contributed by atoms with E-state index in [-0.39, 0.29) is 22.1 Å². The quantitative estimate of drug-likeness (QED) is 0.875. The molecule has 3 rings (SSSR count). The summed E-state index contributed by atoms with van der Waals surface area (Å²) < 4.78 is 24.4. The van der Waals surface area contributed by atoms with Gasteiger partial charge in [-0.1, -0.05) is 37.3 Å². The zero-order valence-corrected chi connectivity index (χ0v) is 13.1. The summed E-state index contributed by atoms with van der Waals surface area (Å²) in [5.74, 6) is -0.272. The summed E-state index contributed by atoms with van der Waals surface area (Å²) in [6, 6.07) is 14.2. The second kappa shape index (κ2) is 5.57. The Kier molecular flexibility index (Phi) is 3.74.